The number of aromatic amines is 1. The summed E-state index contributed by atoms with van der Waals surface area (Å²) >= 11 is 6.26. The Morgan fingerprint density at radius 1 is 1.00 bits per heavy atom. The molecule has 1 aliphatic carbocycles. The van der Waals surface area contributed by atoms with Gasteiger partial charge in [-0.05, 0) is 109 Å². The number of hydrogen-bond acceptors (Lipinski definition) is 13. The number of aromatic nitrogens is 2. The van der Waals surface area contributed by atoms with Crippen molar-refractivity contribution in [3.8, 4) is 5.88 Å². The van der Waals surface area contributed by atoms with Gasteiger partial charge in [0.15, 0.2) is 0 Å². The summed E-state index contributed by atoms with van der Waals surface area (Å²) in [4.78, 5) is 59.9. The summed E-state index contributed by atoms with van der Waals surface area (Å²) in [6, 6.07) is 20.9. The van der Waals surface area contributed by atoms with Crippen molar-refractivity contribution < 1.29 is 32.7 Å². The molecule has 5 heterocycles. The minimum atomic E-state index is -4.61. The zero-order chi connectivity index (χ0) is 46.4. The molecule has 2 saturated heterocycles. The van der Waals surface area contributed by atoms with Crippen LogP contribution in [-0.2, 0) is 10.0 Å². The van der Waals surface area contributed by atoms with Crippen molar-refractivity contribution in [3.63, 3.8) is 0 Å². The Morgan fingerprint density at radius 3 is 2.50 bits per heavy atom. The van der Waals surface area contributed by atoms with Gasteiger partial charge in [0.25, 0.3) is 29.3 Å². The monoisotopic (exact) mass is 957 g/mol. The van der Waals surface area contributed by atoms with Gasteiger partial charge in [-0.3, -0.25) is 19.8 Å². The first-order valence-corrected chi connectivity index (χ1v) is 26.3. The molecule has 348 valence electrons. The summed E-state index contributed by atoms with van der Waals surface area (Å²) in [5.74, 6) is -0.465. The number of ether oxygens (including phenoxy) is 1. The molecule has 0 radical (unpaired) electrons. The number of anilines is 4. The number of piperazine rings is 1. The van der Waals surface area contributed by atoms with E-state index in [9.17, 15) is 33.1 Å². The Kier molecular flexibility index (Phi) is 12.8. The molecule has 16 nitrogen and oxygen atoms in total. The third-order valence-electron chi connectivity index (χ3n) is 13.4. The number of fused-ring (bicyclic) bond motifs is 2. The topological polar surface area (TPSA) is 207 Å². The van der Waals surface area contributed by atoms with E-state index in [0.29, 0.717) is 61.2 Å². The number of allylic oxidation sites excluding steroid dienone is 1. The van der Waals surface area contributed by atoms with Crippen LogP contribution in [0.1, 0.15) is 61.9 Å². The molecule has 0 saturated carbocycles. The van der Waals surface area contributed by atoms with E-state index >= 15 is 0 Å². The summed E-state index contributed by atoms with van der Waals surface area (Å²) in [6.07, 6.45) is 6.69. The second-order valence-electron chi connectivity index (χ2n) is 18.6. The number of H-pyrrole nitrogens is 1. The van der Waals surface area contributed by atoms with Gasteiger partial charge in [0.2, 0.25) is 5.88 Å². The Hall–Kier alpha value is -5.29. The highest BCUT2D eigenvalue weighted by Gasteiger charge is 2.39. The fourth-order valence-electron chi connectivity index (χ4n) is 9.60. The number of amides is 1. The molecule has 0 atom stereocenters. The third-order valence-corrected chi connectivity index (χ3v) is 17.0. The summed E-state index contributed by atoms with van der Waals surface area (Å²) in [5, 5.41) is 16.8. The first-order chi connectivity index (χ1) is 31.5. The van der Waals surface area contributed by atoms with E-state index in [2.05, 4.69) is 55.8 Å². The van der Waals surface area contributed by atoms with Crippen LogP contribution in [-0.4, -0.2) is 109 Å². The molecule has 5 aromatic rings. The summed E-state index contributed by atoms with van der Waals surface area (Å²) in [6.45, 7) is 9.61. The van der Waals surface area contributed by atoms with Crippen LogP contribution in [0, 0.1) is 21.4 Å². The largest absolute Gasteiger partial charge is 0.474 e. The molecule has 2 aromatic heterocycles. The van der Waals surface area contributed by atoms with Crippen LogP contribution in [0.25, 0.3) is 16.6 Å². The number of nitro benzene ring substituents is 1. The van der Waals surface area contributed by atoms with Crippen molar-refractivity contribution in [2.45, 2.75) is 50.8 Å². The number of hydrogen-bond donors (Lipinski definition) is 5. The quantitative estimate of drug-likeness (QED) is 0.0455. The number of carbonyl (C=O) groups is 1. The second-order valence-corrected chi connectivity index (χ2v) is 23.4. The highest BCUT2D eigenvalue weighted by atomic mass is 35.5. The fourth-order valence-corrected chi connectivity index (χ4v) is 12.5. The van der Waals surface area contributed by atoms with Crippen molar-refractivity contribution in [1.82, 2.24) is 19.6 Å². The van der Waals surface area contributed by atoms with E-state index in [1.807, 2.05) is 41.3 Å². The number of pyridine rings is 1. The van der Waals surface area contributed by atoms with Crippen molar-refractivity contribution in [3.05, 3.63) is 111 Å². The zero-order valence-electron chi connectivity index (χ0n) is 37.0. The minimum Gasteiger partial charge on any atom is -0.474 e. The molecule has 9 rings (SSSR count). The maximum atomic E-state index is 14.3. The summed E-state index contributed by atoms with van der Waals surface area (Å²) in [5.41, 5.74) is 6.65. The number of nitrogens with one attached hydrogen (secondary N) is 3. The van der Waals surface area contributed by atoms with Crippen molar-refractivity contribution >= 4 is 80.3 Å². The first kappa shape index (κ1) is 45.8. The normalized spacial score (nSPS) is 19.0. The van der Waals surface area contributed by atoms with Gasteiger partial charge < -0.3 is 24.8 Å². The van der Waals surface area contributed by atoms with Gasteiger partial charge in [0, 0.05) is 67.6 Å². The van der Waals surface area contributed by atoms with Crippen LogP contribution in [0.4, 0.5) is 28.4 Å². The van der Waals surface area contributed by atoms with Gasteiger partial charge >= 0.3 is 0 Å². The van der Waals surface area contributed by atoms with Crippen LogP contribution < -0.4 is 24.6 Å². The molecule has 4 aliphatic rings. The van der Waals surface area contributed by atoms with E-state index in [1.54, 1.807) is 12.3 Å². The zero-order valence-corrected chi connectivity index (χ0v) is 39.5. The Morgan fingerprint density at radius 2 is 1.76 bits per heavy atom. The molecule has 1 amide bonds. The first-order valence-electron chi connectivity index (χ1n) is 22.4. The lowest BCUT2D eigenvalue weighted by Gasteiger charge is -2.39. The predicted molar refractivity (Wildman–Crippen MR) is 260 cm³/mol. The van der Waals surface area contributed by atoms with Crippen LogP contribution in [0.15, 0.2) is 89.5 Å². The number of sulfonamides is 1. The van der Waals surface area contributed by atoms with Crippen LogP contribution in [0.3, 0.4) is 0 Å². The lowest BCUT2D eigenvalue weighted by molar-refractivity contribution is -0.384. The van der Waals surface area contributed by atoms with Crippen molar-refractivity contribution in [1.29, 1.82) is 0 Å². The molecular weight excluding hydrogens is 903 g/mol. The Balaban J connectivity index is 0.964. The van der Waals surface area contributed by atoms with E-state index in [0.717, 1.165) is 74.1 Å². The van der Waals surface area contributed by atoms with Gasteiger partial charge in [-0.1, -0.05) is 43.2 Å². The maximum absolute atomic E-state index is 14.3. The lowest BCUT2D eigenvalue weighted by Crippen LogP contribution is -2.47. The van der Waals surface area contributed by atoms with Crippen molar-refractivity contribution in [2.24, 2.45) is 11.3 Å². The van der Waals surface area contributed by atoms with Crippen molar-refractivity contribution in [2.75, 3.05) is 79.9 Å². The molecular formula is C47H55ClN8O8PS+. The molecule has 0 spiro atoms. The predicted octanol–water partition coefficient (Wildman–Crippen LogP) is 8.21. The van der Waals surface area contributed by atoms with E-state index in [4.69, 9.17) is 16.3 Å². The fraction of sp³-hybridized carbons (Fsp3) is 0.404. The smallest absolute Gasteiger partial charge is 0.293 e. The number of carbonyl (C=O) groups excluding carboxylic acids is 1. The lowest BCUT2D eigenvalue weighted by atomic mass is 9.72. The molecule has 0 unspecified atom stereocenters. The maximum Gasteiger partial charge on any atom is 0.293 e. The van der Waals surface area contributed by atoms with Crippen LogP contribution in [0.5, 0.6) is 5.88 Å². The average molecular weight is 958 g/mol. The molecule has 3 aromatic carbocycles. The number of halogens is 1. The Labute approximate surface area is 389 Å². The summed E-state index contributed by atoms with van der Waals surface area (Å²) < 4.78 is 36.0. The number of nitro groups is 1. The van der Waals surface area contributed by atoms with Crippen LogP contribution in [0.2, 0.25) is 5.02 Å². The number of rotatable bonds is 12. The van der Waals surface area contributed by atoms with Gasteiger partial charge in [0.05, 0.1) is 27.6 Å². The number of benzene rings is 3. The molecule has 66 heavy (non-hydrogen) atoms. The minimum absolute atomic E-state index is 0.0696. The van der Waals surface area contributed by atoms with Gasteiger partial charge in [-0.25, -0.2) is 22.9 Å². The molecule has 2 fully saturated rings. The molecule has 0 bridgehead atoms. The highest BCUT2D eigenvalue weighted by Crippen LogP contribution is 2.55. The van der Waals surface area contributed by atoms with Gasteiger partial charge in [0.1, 0.15) is 36.0 Å². The van der Waals surface area contributed by atoms with Crippen LogP contribution >= 0.6 is 19.3 Å². The average Bonchev–Trinajstić information content (AvgIpc) is 3.76. The second kappa shape index (κ2) is 18.4. The molecule has 5 N–H and O–H groups in total. The van der Waals surface area contributed by atoms with Gasteiger partial charge in [-0.15, -0.1) is 0 Å². The van der Waals surface area contributed by atoms with Gasteiger partial charge in [-0.2, -0.15) is 4.98 Å². The SMILES string of the molecule is CC1(C)CCC(CN2CCN(c3ccc(C(=O)NS(=O)(=O)c4ccc(NCC5CC[P+](O)(O)CC5)c([N+](=O)[O-])c4)c(N4CCOc5nc6[nH]ccc6cc54)c3)CC2)=C(c2ccc(Cl)cc2)C1. The Bertz CT molecular complexity index is 2800. The standard InChI is InChI=1S/C47H54ClN8O8PS/c1-47(2)15-11-34(39(28-47)32-3-5-35(48)6-4-32)30-53-17-19-54(20-18-53)36-7-9-38(41(26-36)55-21-22-64-46-43(55)25-33-12-16-49-44(33)51-46)45(57)52-66(62,63)37-8-10-40(42(27-37)56(58)59)50-29-31-13-23-65(60,61)24-14-31/h3-10,12,16,25-27,31,50,60-61H,11,13-15,17-24,28-30H2,1-2H3,(H-,49,51,52,57)/p+1. The number of nitrogens with zero attached hydrogens (tertiary/aromatic N) is 5. The van der Waals surface area contributed by atoms with E-state index in [1.165, 1.54) is 28.8 Å². The van der Waals surface area contributed by atoms with E-state index < -0.39 is 39.2 Å². The molecule has 19 heteroatoms. The summed E-state index contributed by atoms with van der Waals surface area (Å²) in [7, 11) is -7.48. The third kappa shape index (κ3) is 10.0. The highest BCUT2D eigenvalue weighted by molar-refractivity contribution is 7.90. The molecule has 3 aliphatic heterocycles. The van der Waals surface area contributed by atoms with E-state index in [-0.39, 0.29) is 29.2 Å².